The second-order valence-corrected chi connectivity index (χ2v) is 10.6. The lowest BCUT2D eigenvalue weighted by Gasteiger charge is -2.37. The summed E-state index contributed by atoms with van der Waals surface area (Å²) in [5, 5.41) is 20.5. The van der Waals surface area contributed by atoms with E-state index in [1.54, 1.807) is 21.3 Å². The quantitative estimate of drug-likeness (QED) is 0.220. The summed E-state index contributed by atoms with van der Waals surface area (Å²) in [7, 11) is 1.74. The maximum Gasteiger partial charge on any atom is 0.330 e. The Bertz CT molecular complexity index is 1690. The Kier molecular flexibility index (Phi) is 4.93. The Morgan fingerprint density at radius 2 is 1.23 bits per heavy atom. The average molecular weight is 455 g/mol. The molecule has 2 nitrogen and oxygen atoms in total. The number of rotatable bonds is 5. The van der Waals surface area contributed by atoms with Crippen molar-refractivity contribution in [1.82, 2.24) is 0 Å². The van der Waals surface area contributed by atoms with Crippen molar-refractivity contribution in [3.8, 4) is 11.1 Å². The highest BCUT2D eigenvalue weighted by Gasteiger charge is 2.35. The van der Waals surface area contributed by atoms with Crippen LogP contribution in [0.1, 0.15) is 27.7 Å². The first-order valence-electron chi connectivity index (χ1n) is 12.2. The number of benzene rings is 6. The zero-order chi connectivity index (χ0) is 24.4. The molecule has 0 saturated heterocycles. The van der Waals surface area contributed by atoms with Crippen molar-refractivity contribution >= 4 is 56.0 Å². The molecule has 0 fully saturated rings. The molecule has 35 heavy (non-hydrogen) atoms. The summed E-state index contributed by atoms with van der Waals surface area (Å²) in [5.41, 5.74) is 1.80. The lowest BCUT2D eigenvalue weighted by atomic mass is 9.82. The molecule has 0 aromatic heterocycles. The van der Waals surface area contributed by atoms with Gasteiger partial charge in [0.1, 0.15) is 0 Å². The number of fused-ring (bicyclic) bond motifs is 1. The first-order chi connectivity index (χ1) is 16.7. The molecule has 0 amide bonds. The van der Waals surface area contributed by atoms with Gasteiger partial charge in [-0.1, -0.05) is 90.4 Å². The topological polar surface area (TPSA) is 29.5 Å². The van der Waals surface area contributed by atoms with E-state index in [-0.39, 0.29) is 0 Å². The summed E-state index contributed by atoms with van der Waals surface area (Å²) in [6, 6.07) is 33.0. The van der Waals surface area contributed by atoms with Crippen molar-refractivity contribution in [2.75, 3.05) is 0 Å². The minimum Gasteiger partial charge on any atom is -0.427 e. The second-order valence-electron chi connectivity index (χ2n) is 10.6. The van der Waals surface area contributed by atoms with Gasteiger partial charge in [-0.05, 0) is 88.0 Å². The SMILES string of the molecule is CC(C)(O)C(C)(C)O[B]c1ccc2cc(-c3ccc4ccc5cccc6ccc3c4c56)ccc2c1. The van der Waals surface area contributed by atoms with E-state index in [1.165, 1.54) is 48.8 Å². The summed E-state index contributed by atoms with van der Waals surface area (Å²) < 4.78 is 5.95. The molecule has 0 bridgehead atoms. The molecular weight excluding hydrogens is 427 g/mol. The molecule has 0 unspecified atom stereocenters. The van der Waals surface area contributed by atoms with Gasteiger partial charge in [0.15, 0.2) is 0 Å². The van der Waals surface area contributed by atoms with Gasteiger partial charge >= 0.3 is 7.48 Å². The minimum atomic E-state index is -0.948. The van der Waals surface area contributed by atoms with Crippen molar-refractivity contribution in [2.24, 2.45) is 0 Å². The van der Waals surface area contributed by atoms with Gasteiger partial charge in [-0.25, -0.2) is 0 Å². The molecule has 3 heteroatoms. The van der Waals surface area contributed by atoms with E-state index in [0.717, 1.165) is 10.8 Å². The van der Waals surface area contributed by atoms with E-state index in [4.69, 9.17) is 4.65 Å². The normalized spacial score (nSPS) is 12.8. The van der Waals surface area contributed by atoms with Crippen LogP contribution in [-0.4, -0.2) is 23.8 Å². The van der Waals surface area contributed by atoms with Gasteiger partial charge < -0.3 is 9.76 Å². The Labute approximate surface area is 206 Å². The number of hydrogen-bond donors (Lipinski definition) is 1. The fraction of sp³-hybridized carbons (Fsp3) is 0.188. The van der Waals surface area contributed by atoms with Crippen molar-refractivity contribution in [1.29, 1.82) is 0 Å². The highest BCUT2D eigenvalue weighted by atomic mass is 16.5. The van der Waals surface area contributed by atoms with E-state index in [0.29, 0.717) is 0 Å². The van der Waals surface area contributed by atoms with E-state index in [2.05, 4.69) is 91.0 Å². The molecular formula is C32H28BO2. The van der Waals surface area contributed by atoms with Crippen molar-refractivity contribution in [3.05, 3.63) is 91.0 Å². The molecule has 0 aliphatic heterocycles. The van der Waals surface area contributed by atoms with Crippen molar-refractivity contribution in [3.63, 3.8) is 0 Å². The van der Waals surface area contributed by atoms with E-state index in [9.17, 15) is 5.11 Å². The molecule has 0 heterocycles. The summed E-state index contributed by atoms with van der Waals surface area (Å²) in [4.78, 5) is 0. The Morgan fingerprint density at radius 3 is 1.97 bits per heavy atom. The maximum atomic E-state index is 10.4. The van der Waals surface area contributed by atoms with Gasteiger partial charge in [-0.15, -0.1) is 0 Å². The van der Waals surface area contributed by atoms with Crippen LogP contribution in [0.25, 0.3) is 54.2 Å². The standard InChI is InChI=1S/C32H28BO2/c1-31(2,34)32(3,4)35-33-26-15-12-23-18-25(11-10-24(23)19-26)27-16-13-22-9-8-20-6-5-7-21-14-17-28(27)30(22)29(20)21/h5-19,34H,1-4H3. The predicted molar refractivity (Wildman–Crippen MR) is 150 cm³/mol. The zero-order valence-corrected chi connectivity index (χ0v) is 20.6. The third-order valence-electron chi connectivity index (χ3n) is 7.67. The van der Waals surface area contributed by atoms with Crippen LogP contribution in [0.4, 0.5) is 0 Å². The Morgan fingerprint density at radius 1 is 0.629 bits per heavy atom. The monoisotopic (exact) mass is 455 g/mol. The third-order valence-corrected chi connectivity index (χ3v) is 7.67. The average Bonchev–Trinajstić information content (AvgIpc) is 2.85. The largest absolute Gasteiger partial charge is 0.427 e. The zero-order valence-electron chi connectivity index (χ0n) is 20.6. The van der Waals surface area contributed by atoms with Crippen LogP contribution in [0.5, 0.6) is 0 Å². The van der Waals surface area contributed by atoms with Gasteiger partial charge in [0.05, 0.1) is 11.2 Å². The smallest absolute Gasteiger partial charge is 0.330 e. The predicted octanol–water partition coefficient (Wildman–Crippen LogP) is 7.21. The van der Waals surface area contributed by atoms with Crippen molar-refractivity contribution < 1.29 is 9.76 Å². The summed E-state index contributed by atoms with van der Waals surface area (Å²) in [6.07, 6.45) is 0. The molecule has 6 aromatic carbocycles. The number of aliphatic hydroxyl groups is 1. The molecule has 6 rings (SSSR count). The third kappa shape index (κ3) is 3.67. The second kappa shape index (κ2) is 7.81. The molecule has 0 aliphatic rings. The lowest BCUT2D eigenvalue weighted by molar-refractivity contribution is -0.0893. The molecule has 0 saturated carbocycles. The van der Waals surface area contributed by atoms with Crippen LogP contribution in [0.15, 0.2) is 91.0 Å². The van der Waals surface area contributed by atoms with Crippen LogP contribution < -0.4 is 5.46 Å². The van der Waals surface area contributed by atoms with E-state index < -0.39 is 11.2 Å². The van der Waals surface area contributed by atoms with Gasteiger partial charge in [0.2, 0.25) is 0 Å². The fourth-order valence-corrected chi connectivity index (χ4v) is 4.85. The van der Waals surface area contributed by atoms with Crippen LogP contribution in [0.2, 0.25) is 0 Å². The van der Waals surface area contributed by atoms with Gasteiger partial charge in [0.25, 0.3) is 0 Å². The molecule has 1 N–H and O–H groups in total. The molecule has 0 atom stereocenters. The first-order valence-corrected chi connectivity index (χ1v) is 12.2. The van der Waals surface area contributed by atoms with Crippen LogP contribution >= 0.6 is 0 Å². The first kappa shape index (κ1) is 22.1. The molecule has 1 radical (unpaired) electrons. The fourth-order valence-electron chi connectivity index (χ4n) is 4.85. The highest BCUT2D eigenvalue weighted by molar-refractivity contribution is 6.47. The van der Waals surface area contributed by atoms with Gasteiger partial charge in [-0.3, -0.25) is 0 Å². The highest BCUT2D eigenvalue weighted by Crippen LogP contribution is 2.39. The lowest BCUT2D eigenvalue weighted by Crippen LogP contribution is -2.49. The molecule has 0 aliphatic carbocycles. The van der Waals surface area contributed by atoms with E-state index >= 15 is 0 Å². The summed E-state index contributed by atoms with van der Waals surface area (Å²) >= 11 is 0. The van der Waals surface area contributed by atoms with Gasteiger partial charge in [0, 0.05) is 0 Å². The van der Waals surface area contributed by atoms with Crippen LogP contribution in [-0.2, 0) is 4.65 Å². The summed E-state index contributed by atoms with van der Waals surface area (Å²) in [5.74, 6) is 0. The maximum absolute atomic E-state index is 10.4. The summed E-state index contributed by atoms with van der Waals surface area (Å²) in [6.45, 7) is 7.32. The van der Waals surface area contributed by atoms with Crippen molar-refractivity contribution in [2.45, 2.75) is 38.9 Å². The van der Waals surface area contributed by atoms with E-state index in [1.807, 2.05) is 13.8 Å². The van der Waals surface area contributed by atoms with Crippen LogP contribution in [0.3, 0.4) is 0 Å². The Balaban J connectivity index is 1.40. The van der Waals surface area contributed by atoms with Gasteiger partial charge in [-0.2, -0.15) is 0 Å². The minimum absolute atomic E-state index is 0.694. The Hall–Kier alpha value is -3.40. The molecule has 6 aromatic rings. The molecule has 0 spiro atoms. The van der Waals surface area contributed by atoms with Crippen LogP contribution in [0, 0.1) is 0 Å². The molecule has 171 valence electrons. The number of hydrogen-bond acceptors (Lipinski definition) is 2.